The number of aliphatic hydroxyl groups excluding tert-OH is 1. The molecule has 0 bridgehead atoms. The third kappa shape index (κ3) is 3.84. The van der Waals surface area contributed by atoms with Crippen LogP contribution < -0.4 is 10.2 Å². The van der Waals surface area contributed by atoms with Crippen LogP contribution in [-0.4, -0.2) is 25.7 Å². The summed E-state index contributed by atoms with van der Waals surface area (Å²) in [5.41, 5.74) is 2.04. The molecule has 0 saturated heterocycles. The van der Waals surface area contributed by atoms with E-state index in [0.717, 1.165) is 17.0 Å². The van der Waals surface area contributed by atoms with Crippen molar-refractivity contribution < 1.29 is 9.52 Å². The zero-order valence-electron chi connectivity index (χ0n) is 11.3. The van der Waals surface area contributed by atoms with Crippen LogP contribution in [0, 0.1) is 0 Å². The molecule has 1 heterocycles. The van der Waals surface area contributed by atoms with Crippen LogP contribution in [-0.2, 0) is 6.54 Å². The molecule has 0 aliphatic heterocycles. The largest absolute Gasteiger partial charge is 0.468 e. The number of benzene rings is 1. The Kier molecular flexibility index (Phi) is 4.60. The van der Waals surface area contributed by atoms with Crippen molar-refractivity contribution in [3.63, 3.8) is 0 Å². The fourth-order valence-electron chi connectivity index (χ4n) is 1.86. The first-order valence-electron chi connectivity index (χ1n) is 6.35. The highest BCUT2D eigenvalue weighted by molar-refractivity contribution is 5.46. The van der Waals surface area contributed by atoms with Gasteiger partial charge in [-0.1, -0.05) is 12.1 Å². The van der Waals surface area contributed by atoms with Gasteiger partial charge in [0.05, 0.1) is 18.9 Å². The predicted molar refractivity (Wildman–Crippen MR) is 76.1 cm³/mol. The number of hydrogen-bond acceptors (Lipinski definition) is 4. The van der Waals surface area contributed by atoms with Gasteiger partial charge >= 0.3 is 0 Å². The molecule has 0 saturated carbocycles. The first kappa shape index (κ1) is 13.6. The molecule has 0 aliphatic rings. The molecule has 0 aliphatic carbocycles. The maximum Gasteiger partial charge on any atom is 0.117 e. The number of aliphatic hydroxyl groups is 1. The van der Waals surface area contributed by atoms with E-state index in [9.17, 15) is 5.11 Å². The highest BCUT2D eigenvalue weighted by atomic mass is 16.3. The summed E-state index contributed by atoms with van der Waals surface area (Å²) < 4.78 is 5.21. The van der Waals surface area contributed by atoms with Crippen LogP contribution in [0.5, 0.6) is 0 Å². The molecule has 1 aromatic carbocycles. The first-order chi connectivity index (χ1) is 9.16. The fraction of sp³-hybridized carbons (Fsp3) is 0.333. The molecular formula is C15H20N2O2. The topological polar surface area (TPSA) is 48.6 Å². The second-order valence-corrected chi connectivity index (χ2v) is 4.71. The lowest BCUT2D eigenvalue weighted by molar-refractivity contribution is 0.173. The molecular weight excluding hydrogens is 240 g/mol. The van der Waals surface area contributed by atoms with Gasteiger partial charge in [0.15, 0.2) is 0 Å². The fourth-order valence-corrected chi connectivity index (χ4v) is 1.86. The molecule has 19 heavy (non-hydrogen) atoms. The van der Waals surface area contributed by atoms with E-state index in [2.05, 4.69) is 5.32 Å². The Morgan fingerprint density at radius 1 is 1.21 bits per heavy atom. The zero-order valence-corrected chi connectivity index (χ0v) is 11.3. The van der Waals surface area contributed by atoms with E-state index in [1.165, 1.54) is 0 Å². The van der Waals surface area contributed by atoms with E-state index < -0.39 is 6.10 Å². The molecule has 102 valence electrons. The summed E-state index contributed by atoms with van der Waals surface area (Å²) >= 11 is 0. The minimum atomic E-state index is -0.508. The van der Waals surface area contributed by atoms with E-state index >= 15 is 0 Å². The summed E-state index contributed by atoms with van der Waals surface area (Å²) in [4.78, 5) is 2.03. The maximum absolute atomic E-state index is 10.1. The summed E-state index contributed by atoms with van der Waals surface area (Å²) in [5.74, 6) is 0.871. The molecule has 4 nitrogen and oxygen atoms in total. The second kappa shape index (κ2) is 6.41. The summed E-state index contributed by atoms with van der Waals surface area (Å²) in [7, 11) is 3.99. The van der Waals surface area contributed by atoms with E-state index in [1.807, 2.05) is 55.4 Å². The Bertz CT molecular complexity index is 477. The number of nitrogens with zero attached hydrogens (tertiary/aromatic N) is 1. The summed E-state index contributed by atoms with van der Waals surface area (Å²) in [6.07, 6.45) is 1.14. The van der Waals surface area contributed by atoms with Gasteiger partial charge in [0.1, 0.15) is 5.76 Å². The van der Waals surface area contributed by atoms with Gasteiger partial charge in [-0.25, -0.2) is 0 Å². The van der Waals surface area contributed by atoms with Gasteiger partial charge in [0.2, 0.25) is 0 Å². The summed E-state index contributed by atoms with van der Waals surface area (Å²) in [6, 6.07) is 11.7. The van der Waals surface area contributed by atoms with Crippen LogP contribution in [0.1, 0.15) is 17.4 Å². The Balaban J connectivity index is 1.83. The van der Waals surface area contributed by atoms with Crippen LogP contribution in [0.2, 0.25) is 0 Å². The lowest BCUT2D eigenvalue weighted by atomic mass is 10.1. The minimum Gasteiger partial charge on any atom is -0.468 e. The van der Waals surface area contributed by atoms with Gasteiger partial charge in [0.25, 0.3) is 0 Å². The molecule has 4 heteroatoms. The average molecular weight is 260 g/mol. The van der Waals surface area contributed by atoms with E-state index in [-0.39, 0.29) is 0 Å². The van der Waals surface area contributed by atoms with Crippen molar-refractivity contribution >= 4 is 5.69 Å². The lowest BCUT2D eigenvalue weighted by Gasteiger charge is -2.15. The van der Waals surface area contributed by atoms with E-state index in [1.54, 1.807) is 6.26 Å². The van der Waals surface area contributed by atoms with Gasteiger partial charge in [-0.3, -0.25) is 0 Å². The van der Waals surface area contributed by atoms with Crippen molar-refractivity contribution in [1.82, 2.24) is 5.32 Å². The van der Waals surface area contributed by atoms with Crippen molar-refractivity contribution in [2.45, 2.75) is 12.6 Å². The Labute approximate surface area is 113 Å². The van der Waals surface area contributed by atoms with Crippen molar-refractivity contribution in [2.75, 3.05) is 25.5 Å². The van der Waals surface area contributed by atoms with Crippen molar-refractivity contribution in [3.05, 3.63) is 54.0 Å². The minimum absolute atomic E-state index is 0.502. The van der Waals surface area contributed by atoms with Gasteiger partial charge in [-0.15, -0.1) is 0 Å². The van der Waals surface area contributed by atoms with Crippen LogP contribution in [0.3, 0.4) is 0 Å². The number of hydrogen-bond donors (Lipinski definition) is 2. The maximum atomic E-state index is 10.1. The van der Waals surface area contributed by atoms with Crippen LogP contribution in [0.4, 0.5) is 5.69 Å². The van der Waals surface area contributed by atoms with Crippen LogP contribution in [0.25, 0.3) is 0 Å². The van der Waals surface area contributed by atoms with Crippen molar-refractivity contribution in [2.24, 2.45) is 0 Å². The summed E-state index contributed by atoms with van der Waals surface area (Å²) in [5, 5.41) is 13.2. The van der Waals surface area contributed by atoms with Crippen molar-refractivity contribution in [1.29, 1.82) is 0 Å². The summed E-state index contributed by atoms with van der Waals surface area (Å²) in [6.45, 7) is 1.13. The Morgan fingerprint density at radius 3 is 2.53 bits per heavy atom. The third-order valence-electron chi connectivity index (χ3n) is 3.01. The average Bonchev–Trinajstić information content (AvgIpc) is 2.92. The number of anilines is 1. The van der Waals surface area contributed by atoms with Gasteiger partial charge in [-0.2, -0.15) is 0 Å². The number of rotatable bonds is 6. The lowest BCUT2D eigenvalue weighted by Crippen LogP contribution is -2.20. The van der Waals surface area contributed by atoms with Gasteiger partial charge < -0.3 is 19.7 Å². The Hall–Kier alpha value is -1.78. The molecule has 1 unspecified atom stereocenters. The first-order valence-corrected chi connectivity index (χ1v) is 6.35. The van der Waals surface area contributed by atoms with Gasteiger partial charge in [-0.05, 0) is 29.8 Å². The normalized spacial score (nSPS) is 12.4. The molecule has 1 atom stereocenters. The molecule has 2 N–H and O–H groups in total. The third-order valence-corrected chi connectivity index (χ3v) is 3.01. The molecule has 2 aromatic rings. The molecule has 2 rings (SSSR count). The molecule has 0 spiro atoms. The zero-order chi connectivity index (χ0) is 13.7. The quantitative estimate of drug-likeness (QED) is 0.835. The second-order valence-electron chi connectivity index (χ2n) is 4.71. The predicted octanol–water partition coefficient (Wildman–Crippen LogP) is 2.17. The van der Waals surface area contributed by atoms with Gasteiger partial charge in [0, 0.05) is 26.3 Å². The van der Waals surface area contributed by atoms with E-state index in [4.69, 9.17) is 4.42 Å². The number of furan rings is 1. The Morgan fingerprint density at radius 2 is 1.95 bits per heavy atom. The van der Waals surface area contributed by atoms with Crippen LogP contribution >= 0.6 is 0 Å². The highest BCUT2D eigenvalue weighted by Gasteiger charge is 2.07. The molecule has 1 aromatic heterocycles. The smallest absolute Gasteiger partial charge is 0.117 e. The van der Waals surface area contributed by atoms with Crippen molar-refractivity contribution in [3.8, 4) is 0 Å². The van der Waals surface area contributed by atoms with Crippen LogP contribution in [0.15, 0.2) is 47.1 Å². The van der Waals surface area contributed by atoms with E-state index in [0.29, 0.717) is 13.1 Å². The molecule has 0 radical (unpaired) electrons. The number of nitrogens with one attached hydrogen (secondary N) is 1. The molecule has 0 amide bonds. The highest BCUT2D eigenvalue weighted by Crippen LogP contribution is 2.17. The monoisotopic (exact) mass is 260 g/mol. The standard InChI is InChI=1S/C15H20N2O2/c1-17(2)13-7-5-12(6-8-13)15(18)11-16-10-14-4-3-9-19-14/h3-9,15-16,18H,10-11H2,1-2H3. The SMILES string of the molecule is CN(C)c1ccc(C(O)CNCc2ccco2)cc1. The molecule has 0 fully saturated rings.